The van der Waals surface area contributed by atoms with Crippen LogP contribution < -0.4 is 5.73 Å². The molecule has 0 bridgehead atoms. The lowest BCUT2D eigenvalue weighted by Gasteiger charge is -2.11. The molecular formula is C9H13ClNO+. The molecule has 1 rings (SSSR count). The smallest absolute Gasteiger partial charge is 0.130 e. The van der Waals surface area contributed by atoms with E-state index in [4.69, 9.17) is 11.6 Å². The molecule has 0 radical (unpaired) electrons. The van der Waals surface area contributed by atoms with Crippen molar-refractivity contribution in [3.63, 3.8) is 0 Å². The van der Waals surface area contributed by atoms with Crippen LogP contribution in [0.25, 0.3) is 0 Å². The van der Waals surface area contributed by atoms with Crippen molar-refractivity contribution in [3.05, 3.63) is 34.9 Å². The molecule has 2 atom stereocenters. The van der Waals surface area contributed by atoms with E-state index in [9.17, 15) is 5.11 Å². The molecule has 0 spiro atoms. The standard InChI is InChI=1S/C9H12ClNO/c1-6(11)9(12)7-2-4-8(10)5-3-7/h2-6,9,12H,11H2,1H3/p+1/t6-,9-/m0/s1. The number of benzene rings is 1. The Kier molecular flexibility index (Phi) is 3.09. The molecule has 0 aliphatic heterocycles. The second kappa shape index (κ2) is 3.90. The third kappa shape index (κ3) is 2.21. The number of aliphatic hydroxyl groups is 1. The molecule has 0 aliphatic rings. The molecule has 0 saturated carbocycles. The van der Waals surface area contributed by atoms with E-state index >= 15 is 0 Å². The summed E-state index contributed by atoms with van der Waals surface area (Å²) in [5.41, 5.74) is 4.62. The van der Waals surface area contributed by atoms with Crippen LogP contribution in [-0.4, -0.2) is 11.1 Å². The van der Waals surface area contributed by atoms with Crippen LogP contribution >= 0.6 is 11.6 Å². The van der Waals surface area contributed by atoms with Gasteiger partial charge in [0.2, 0.25) is 0 Å². The molecule has 0 saturated heterocycles. The van der Waals surface area contributed by atoms with Crippen LogP contribution in [0.5, 0.6) is 0 Å². The summed E-state index contributed by atoms with van der Waals surface area (Å²) in [5, 5.41) is 10.3. The summed E-state index contributed by atoms with van der Waals surface area (Å²) >= 11 is 5.70. The van der Waals surface area contributed by atoms with Gasteiger partial charge in [-0.3, -0.25) is 0 Å². The van der Waals surface area contributed by atoms with E-state index in [1.807, 2.05) is 19.1 Å². The number of hydrogen-bond acceptors (Lipinski definition) is 1. The van der Waals surface area contributed by atoms with Crippen LogP contribution in [0.15, 0.2) is 24.3 Å². The summed E-state index contributed by atoms with van der Waals surface area (Å²) < 4.78 is 0. The minimum absolute atomic E-state index is 0.00817. The number of aliphatic hydroxyl groups excluding tert-OH is 1. The highest BCUT2D eigenvalue weighted by atomic mass is 35.5. The Balaban J connectivity index is 2.82. The van der Waals surface area contributed by atoms with Crippen LogP contribution in [0.3, 0.4) is 0 Å². The highest BCUT2D eigenvalue weighted by Crippen LogP contribution is 2.17. The summed E-state index contributed by atoms with van der Waals surface area (Å²) in [6.45, 7) is 1.87. The Morgan fingerprint density at radius 3 is 2.25 bits per heavy atom. The van der Waals surface area contributed by atoms with Gasteiger partial charge in [0.05, 0.1) is 0 Å². The van der Waals surface area contributed by atoms with E-state index in [1.165, 1.54) is 0 Å². The van der Waals surface area contributed by atoms with Crippen LogP contribution in [0.4, 0.5) is 0 Å². The second-order valence-corrected chi connectivity index (χ2v) is 3.41. The fraction of sp³-hybridized carbons (Fsp3) is 0.333. The van der Waals surface area contributed by atoms with Crippen molar-refractivity contribution >= 4 is 11.6 Å². The molecule has 0 heterocycles. The van der Waals surface area contributed by atoms with Crippen LogP contribution in [0.2, 0.25) is 5.02 Å². The maximum atomic E-state index is 9.58. The van der Waals surface area contributed by atoms with Gasteiger partial charge in [0.15, 0.2) is 0 Å². The average Bonchev–Trinajstić information content (AvgIpc) is 2.04. The highest BCUT2D eigenvalue weighted by Gasteiger charge is 2.14. The van der Waals surface area contributed by atoms with Gasteiger partial charge in [-0.05, 0) is 24.6 Å². The van der Waals surface area contributed by atoms with E-state index in [-0.39, 0.29) is 6.04 Å². The van der Waals surface area contributed by atoms with Gasteiger partial charge in [0.25, 0.3) is 0 Å². The first-order chi connectivity index (χ1) is 5.61. The molecule has 4 N–H and O–H groups in total. The monoisotopic (exact) mass is 186 g/mol. The van der Waals surface area contributed by atoms with Crippen molar-refractivity contribution in [2.45, 2.75) is 19.1 Å². The van der Waals surface area contributed by atoms with Gasteiger partial charge in [-0.1, -0.05) is 23.7 Å². The number of rotatable bonds is 2. The molecule has 1 aromatic rings. The van der Waals surface area contributed by atoms with Gasteiger partial charge >= 0.3 is 0 Å². The number of quaternary nitrogens is 1. The fourth-order valence-corrected chi connectivity index (χ4v) is 1.11. The summed E-state index contributed by atoms with van der Waals surface area (Å²) in [7, 11) is 0. The zero-order valence-corrected chi connectivity index (χ0v) is 7.75. The summed E-state index contributed by atoms with van der Waals surface area (Å²) in [5.74, 6) is 0. The Labute approximate surface area is 77.0 Å². The normalized spacial score (nSPS) is 15.7. The van der Waals surface area contributed by atoms with E-state index in [2.05, 4.69) is 5.73 Å². The summed E-state index contributed by atoms with van der Waals surface area (Å²) in [4.78, 5) is 0. The first-order valence-corrected chi connectivity index (χ1v) is 4.25. The lowest BCUT2D eigenvalue weighted by atomic mass is 10.0. The van der Waals surface area contributed by atoms with Gasteiger partial charge in [-0.15, -0.1) is 0 Å². The van der Waals surface area contributed by atoms with Crippen molar-refractivity contribution < 1.29 is 10.8 Å². The molecule has 0 amide bonds. The third-order valence-corrected chi connectivity index (χ3v) is 2.00. The Morgan fingerprint density at radius 1 is 1.33 bits per heavy atom. The van der Waals surface area contributed by atoms with Gasteiger partial charge in [0.1, 0.15) is 12.1 Å². The van der Waals surface area contributed by atoms with Crippen LogP contribution in [-0.2, 0) is 0 Å². The minimum Gasteiger partial charge on any atom is -0.382 e. The molecule has 1 aromatic carbocycles. The van der Waals surface area contributed by atoms with E-state index in [1.54, 1.807) is 12.1 Å². The molecule has 66 valence electrons. The average molecular weight is 187 g/mol. The molecule has 0 fully saturated rings. The predicted octanol–water partition coefficient (Wildman–Crippen LogP) is 1.00. The Hall–Kier alpha value is -0.570. The molecule has 0 unspecified atom stereocenters. The van der Waals surface area contributed by atoms with Gasteiger partial charge < -0.3 is 10.8 Å². The fourth-order valence-electron chi connectivity index (χ4n) is 0.988. The minimum atomic E-state index is -0.498. The zero-order valence-electron chi connectivity index (χ0n) is 7.00. The topological polar surface area (TPSA) is 47.9 Å². The van der Waals surface area contributed by atoms with Gasteiger partial charge in [-0.25, -0.2) is 0 Å². The van der Waals surface area contributed by atoms with Crippen molar-refractivity contribution in [3.8, 4) is 0 Å². The number of hydrogen-bond donors (Lipinski definition) is 2. The largest absolute Gasteiger partial charge is 0.382 e. The van der Waals surface area contributed by atoms with Crippen molar-refractivity contribution in [1.82, 2.24) is 0 Å². The molecule has 0 aliphatic carbocycles. The van der Waals surface area contributed by atoms with E-state index in [0.717, 1.165) is 5.56 Å². The van der Waals surface area contributed by atoms with Crippen molar-refractivity contribution in [2.24, 2.45) is 0 Å². The highest BCUT2D eigenvalue weighted by molar-refractivity contribution is 6.30. The maximum absolute atomic E-state index is 9.58. The molecule has 0 aromatic heterocycles. The predicted molar refractivity (Wildman–Crippen MR) is 48.8 cm³/mol. The second-order valence-electron chi connectivity index (χ2n) is 2.97. The summed E-state index contributed by atoms with van der Waals surface area (Å²) in [6.07, 6.45) is -0.498. The zero-order chi connectivity index (χ0) is 9.14. The van der Waals surface area contributed by atoms with Crippen LogP contribution in [0, 0.1) is 0 Å². The lowest BCUT2D eigenvalue weighted by Crippen LogP contribution is -2.61. The Morgan fingerprint density at radius 2 is 1.83 bits per heavy atom. The van der Waals surface area contributed by atoms with Crippen molar-refractivity contribution in [2.75, 3.05) is 0 Å². The lowest BCUT2D eigenvalue weighted by molar-refractivity contribution is -0.433. The van der Waals surface area contributed by atoms with Gasteiger partial charge in [0, 0.05) is 5.02 Å². The quantitative estimate of drug-likeness (QED) is 0.712. The molecule has 3 heteroatoms. The third-order valence-electron chi connectivity index (χ3n) is 1.75. The molecular weight excluding hydrogens is 174 g/mol. The molecule has 12 heavy (non-hydrogen) atoms. The van der Waals surface area contributed by atoms with Crippen LogP contribution in [0.1, 0.15) is 18.6 Å². The van der Waals surface area contributed by atoms with E-state index in [0.29, 0.717) is 5.02 Å². The number of halogens is 1. The first kappa shape index (κ1) is 9.52. The van der Waals surface area contributed by atoms with Gasteiger partial charge in [-0.2, -0.15) is 0 Å². The first-order valence-electron chi connectivity index (χ1n) is 3.88. The van der Waals surface area contributed by atoms with E-state index < -0.39 is 6.10 Å². The summed E-state index contributed by atoms with van der Waals surface area (Å²) in [6, 6.07) is 7.15. The SMILES string of the molecule is C[C@H]([NH3+])[C@H](O)c1ccc(Cl)cc1. The Bertz CT molecular complexity index is 245. The maximum Gasteiger partial charge on any atom is 0.130 e. The molecule has 2 nitrogen and oxygen atoms in total. The van der Waals surface area contributed by atoms with Crippen molar-refractivity contribution in [1.29, 1.82) is 0 Å².